The van der Waals surface area contributed by atoms with Crippen LogP contribution in [-0.4, -0.2) is 55.8 Å². The molecule has 1 aromatic heterocycles. The number of carboxylic acids is 1. The maximum Gasteiger partial charge on any atom is 0.337 e. The summed E-state index contributed by atoms with van der Waals surface area (Å²) in [6, 6.07) is 4.67. The van der Waals surface area contributed by atoms with Gasteiger partial charge in [-0.3, -0.25) is 0 Å². The summed E-state index contributed by atoms with van der Waals surface area (Å²) in [6.45, 7) is 0.357. The minimum absolute atomic E-state index is 0.0451. The maximum absolute atomic E-state index is 11.3. The highest BCUT2D eigenvalue weighted by Crippen LogP contribution is 2.28. The number of aliphatic hydroxyl groups excluding tert-OH is 3. The zero-order chi connectivity index (χ0) is 15.6. The Kier molecular flexibility index (Phi) is 4.26. The van der Waals surface area contributed by atoms with Gasteiger partial charge in [-0.2, -0.15) is 0 Å². The second kappa shape index (κ2) is 5.80. The number of rotatable bonds is 6. The van der Waals surface area contributed by atoms with Gasteiger partial charge in [-0.05, 0) is 12.1 Å². The molecule has 4 N–H and O–H groups in total. The highest BCUT2D eigenvalue weighted by molar-refractivity contribution is 6.01. The molecular weight excluding hydrogens is 276 g/mol. The standard InChI is InChI=1S/C14H18N2O5/c1-2-11-15-12-9(13(20)21)4-3-5-10(12)16(11)14(6-17,7-18)8-19/h3-5,17-19H,2,6-8H2,1H3,(H,20,21). The first-order valence-corrected chi connectivity index (χ1v) is 6.61. The van der Waals surface area contributed by atoms with Gasteiger partial charge in [-0.15, -0.1) is 0 Å². The van der Waals surface area contributed by atoms with E-state index in [1.165, 1.54) is 10.6 Å². The molecule has 0 aliphatic carbocycles. The Morgan fingerprint density at radius 1 is 1.24 bits per heavy atom. The Morgan fingerprint density at radius 2 is 1.86 bits per heavy atom. The van der Waals surface area contributed by atoms with Gasteiger partial charge >= 0.3 is 5.97 Å². The molecule has 0 spiro atoms. The van der Waals surface area contributed by atoms with E-state index in [0.717, 1.165) is 0 Å². The molecule has 1 heterocycles. The van der Waals surface area contributed by atoms with E-state index in [1.54, 1.807) is 12.1 Å². The number of aromatic nitrogens is 2. The molecule has 2 rings (SSSR count). The Hall–Kier alpha value is -1.96. The van der Waals surface area contributed by atoms with Crippen LogP contribution >= 0.6 is 0 Å². The lowest BCUT2D eigenvalue weighted by molar-refractivity contribution is 0.0162. The molecule has 0 unspecified atom stereocenters. The van der Waals surface area contributed by atoms with Crippen molar-refractivity contribution in [1.29, 1.82) is 0 Å². The van der Waals surface area contributed by atoms with Crippen molar-refractivity contribution < 1.29 is 25.2 Å². The molecule has 0 amide bonds. The Morgan fingerprint density at radius 3 is 2.33 bits per heavy atom. The van der Waals surface area contributed by atoms with Crippen LogP contribution in [0.5, 0.6) is 0 Å². The summed E-state index contributed by atoms with van der Waals surface area (Å²) in [6.07, 6.45) is 0.468. The molecule has 114 valence electrons. The first-order valence-electron chi connectivity index (χ1n) is 6.61. The number of aromatic carboxylic acids is 1. The zero-order valence-electron chi connectivity index (χ0n) is 11.7. The molecular formula is C14H18N2O5. The van der Waals surface area contributed by atoms with E-state index >= 15 is 0 Å². The summed E-state index contributed by atoms with van der Waals surface area (Å²) < 4.78 is 1.54. The highest BCUT2D eigenvalue weighted by atomic mass is 16.4. The van der Waals surface area contributed by atoms with Crippen LogP contribution in [0.1, 0.15) is 23.1 Å². The van der Waals surface area contributed by atoms with Gasteiger partial charge in [-0.1, -0.05) is 13.0 Å². The van der Waals surface area contributed by atoms with Crippen molar-refractivity contribution >= 4 is 17.0 Å². The fourth-order valence-electron chi connectivity index (χ4n) is 2.45. The third-order valence-corrected chi connectivity index (χ3v) is 3.66. The van der Waals surface area contributed by atoms with E-state index in [0.29, 0.717) is 17.8 Å². The van der Waals surface area contributed by atoms with Gasteiger partial charge in [-0.25, -0.2) is 9.78 Å². The Labute approximate surface area is 121 Å². The van der Waals surface area contributed by atoms with Crippen molar-refractivity contribution in [2.75, 3.05) is 19.8 Å². The van der Waals surface area contributed by atoms with Crippen molar-refractivity contribution in [2.45, 2.75) is 18.9 Å². The number of carboxylic acid groups (broad SMARTS) is 1. The smallest absolute Gasteiger partial charge is 0.337 e. The number of hydrogen-bond acceptors (Lipinski definition) is 5. The molecule has 7 heteroatoms. The molecule has 0 aliphatic heterocycles. The summed E-state index contributed by atoms with van der Waals surface area (Å²) in [5, 5.41) is 38.1. The fourth-order valence-corrected chi connectivity index (χ4v) is 2.45. The second-order valence-electron chi connectivity index (χ2n) is 4.89. The van der Waals surface area contributed by atoms with Gasteiger partial charge in [0.25, 0.3) is 0 Å². The molecule has 2 aromatic rings. The third kappa shape index (κ3) is 2.29. The third-order valence-electron chi connectivity index (χ3n) is 3.66. The normalized spacial score (nSPS) is 12.0. The highest BCUT2D eigenvalue weighted by Gasteiger charge is 2.34. The number of imidazole rings is 1. The monoisotopic (exact) mass is 294 g/mol. The van der Waals surface area contributed by atoms with Crippen molar-refractivity contribution in [3.05, 3.63) is 29.6 Å². The predicted octanol–water partition coefficient (Wildman–Crippen LogP) is -0.0309. The Balaban J connectivity index is 2.85. The number of benzene rings is 1. The van der Waals surface area contributed by atoms with Gasteiger partial charge in [0.1, 0.15) is 16.9 Å². The summed E-state index contributed by atoms with van der Waals surface area (Å²) >= 11 is 0. The number of para-hydroxylation sites is 1. The molecule has 7 nitrogen and oxygen atoms in total. The number of aliphatic hydroxyl groups is 3. The minimum Gasteiger partial charge on any atom is -0.478 e. The molecule has 0 fully saturated rings. The van der Waals surface area contributed by atoms with E-state index in [-0.39, 0.29) is 11.1 Å². The van der Waals surface area contributed by atoms with Crippen molar-refractivity contribution in [3.63, 3.8) is 0 Å². The quantitative estimate of drug-likeness (QED) is 0.594. The summed E-state index contributed by atoms with van der Waals surface area (Å²) in [4.78, 5) is 15.6. The largest absolute Gasteiger partial charge is 0.478 e. The minimum atomic E-state index is -1.32. The topological polar surface area (TPSA) is 116 Å². The van der Waals surface area contributed by atoms with Crippen LogP contribution in [0.15, 0.2) is 18.2 Å². The van der Waals surface area contributed by atoms with Crippen LogP contribution in [0.2, 0.25) is 0 Å². The average molecular weight is 294 g/mol. The molecule has 0 radical (unpaired) electrons. The van der Waals surface area contributed by atoms with Gasteiger partial charge in [0.15, 0.2) is 0 Å². The number of hydrogen-bond donors (Lipinski definition) is 4. The van der Waals surface area contributed by atoms with Crippen LogP contribution in [0.4, 0.5) is 0 Å². The van der Waals surface area contributed by atoms with Crippen LogP contribution in [0.25, 0.3) is 11.0 Å². The molecule has 21 heavy (non-hydrogen) atoms. The SMILES string of the molecule is CCc1nc2c(C(=O)O)cccc2n1C(CO)(CO)CO. The number of carbonyl (C=O) groups is 1. The molecule has 0 aliphatic rings. The van der Waals surface area contributed by atoms with Crippen molar-refractivity contribution in [3.8, 4) is 0 Å². The second-order valence-corrected chi connectivity index (χ2v) is 4.89. The lowest BCUT2D eigenvalue weighted by atomic mass is 10.0. The van der Waals surface area contributed by atoms with Gasteiger partial charge in [0, 0.05) is 6.42 Å². The molecule has 1 aromatic carbocycles. The van der Waals surface area contributed by atoms with Crippen LogP contribution < -0.4 is 0 Å². The van der Waals surface area contributed by atoms with E-state index in [2.05, 4.69) is 4.98 Å². The van der Waals surface area contributed by atoms with E-state index < -0.39 is 31.3 Å². The molecule has 0 bridgehead atoms. The van der Waals surface area contributed by atoms with Gasteiger partial charge < -0.3 is 25.0 Å². The fraction of sp³-hybridized carbons (Fsp3) is 0.429. The average Bonchev–Trinajstić information content (AvgIpc) is 2.89. The number of aryl methyl sites for hydroxylation is 1. The van der Waals surface area contributed by atoms with Crippen LogP contribution in [-0.2, 0) is 12.0 Å². The first-order chi connectivity index (χ1) is 10.0. The molecule has 0 atom stereocenters. The van der Waals surface area contributed by atoms with Crippen LogP contribution in [0, 0.1) is 0 Å². The summed E-state index contributed by atoms with van der Waals surface area (Å²) in [5.41, 5.74) is -0.536. The van der Waals surface area contributed by atoms with E-state index in [1.807, 2.05) is 6.92 Å². The zero-order valence-corrected chi connectivity index (χ0v) is 11.7. The predicted molar refractivity (Wildman–Crippen MR) is 75.3 cm³/mol. The van der Waals surface area contributed by atoms with Gasteiger partial charge in [0.05, 0.1) is 30.9 Å². The first kappa shape index (κ1) is 15.4. The Bertz CT molecular complexity index is 652. The van der Waals surface area contributed by atoms with Crippen LogP contribution in [0.3, 0.4) is 0 Å². The summed E-state index contributed by atoms with van der Waals surface area (Å²) in [5.74, 6) is -0.605. The molecule has 0 saturated carbocycles. The van der Waals surface area contributed by atoms with E-state index in [9.17, 15) is 25.2 Å². The lowest BCUT2D eigenvalue weighted by Gasteiger charge is -2.31. The maximum atomic E-state index is 11.3. The number of nitrogens with zero attached hydrogens (tertiary/aromatic N) is 2. The van der Waals surface area contributed by atoms with Gasteiger partial charge in [0.2, 0.25) is 0 Å². The molecule has 0 saturated heterocycles. The summed E-state index contributed by atoms with van der Waals surface area (Å²) in [7, 11) is 0. The van der Waals surface area contributed by atoms with E-state index in [4.69, 9.17) is 0 Å². The van der Waals surface area contributed by atoms with Crippen molar-refractivity contribution in [1.82, 2.24) is 9.55 Å². The number of fused-ring (bicyclic) bond motifs is 1. The lowest BCUT2D eigenvalue weighted by Crippen LogP contribution is -2.45. The van der Waals surface area contributed by atoms with Crippen molar-refractivity contribution in [2.24, 2.45) is 0 Å².